The number of aromatic amines is 1. The quantitative estimate of drug-likeness (QED) is 0.135. The number of fused-ring (bicyclic) bond motifs is 1. The molecule has 10 N–H and O–H groups in total. The molecule has 12 nitrogen and oxygen atoms in total. The van der Waals surface area contributed by atoms with Crippen molar-refractivity contribution in [3.05, 3.63) is 36.0 Å². The monoisotopic (exact) mass is 532 g/mol. The average molecular weight is 533 g/mol. The van der Waals surface area contributed by atoms with E-state index >= 15 is 0 Å². The lowest BCUT2D eigenvalue weighted by molar-refractivity contribution is -0.143. The molecule has 0 aliphatic rings. The highest BCUT2D eigenvalue weighted by atomic mass is 16.4. The van der Waals surface area contributed by atoms with Gasteiger partial charge in [-0.25, -0.2) is 4.79 Å². The highest BCUT2D eigenvalue weighted by molar-refractivity contribution is 5.95. The summed E-state index contributed by atoms with van der Waals surface area (Å²) >= 11 is 0. The fraction of sp³-hybridized carbons (Fsp3) is 0.538. The number of hydrogen-bond donors (Lipinski definition) is 8. The van der Waals surface area contributed by atoms with Crippen LogP contribution in [0.4, 0.5) is 0 Å². The molecule has 210 valence electrons. The number of carboxylic acids is 1. The van der Waals surface area contributed by atoms with Crippen molar-refractivity contribution >= 4 is 34.6 Å². The summed E-state index contributed by atoms with van der Waals surface area (Å²) in [4.78, 5) is 53.8. The maximum absolute atomic E-state index is 13.5. The van der Waals surface area contributed by atoms with E-state index < -0.39 is 54.5 Å². The van der Waals surface area contributed by atoms with Gasteiger partial charge >= 0.3 is 5.97 Å². The van der Waals surface area contributed by atoms with E-state index in [2.05, 4.69) is 20.9 Å². The number of para-hydroxylation sites is 1. The minimum Gasteiger partial charge on any atom is -0.480 e. The Bertz CT molecular complexity index is 1090. The lowest BCUT2D eigenvalue weighted by atomic mass is 9.96. The lowest BCUT2D eigenvalue weighted by Gasteiger charge is -2.28. The first kappa shape index (κ1) is 30.7. The third kappa shape index (κ3) is 8.54. The van der Waals surface area contributed by atoms with Crippen LogP contribution in [0.3, 0.4) is 0 Å². The zero-order valence-corrected chi connectivity index (χ0v) is 21.9. The number of amides is 3. The number of H-pyrrole nitrogens is 1. The van der Waals surface area contributed by atoms with Crippen LogP contribution >= 0.6 is 0 Å². The number of carboxylic acid groups (broad SMARTS) is 1. The number of benzene rings is 1. The maximum Gasteiger partial charge on any atom is 0.328 e. The third-order valence-corrected chi connectivity index (χ3v) is 6.63. The minimum atomic E-state index is -1.51. The number of aliphatic hydroxyl groups is 1. The number of nitrogens with two attached hydrogens (primary N) is 2. The first-order valence-corrected chi connectivity index (χ1v) is 12.9. The van der Waals surface area contributed by atoms with Crippen molar-refractivity contribution in [2.24, 2.45) is 17.4 Å². The number of hydrogen-bond acceptors (Lipinski definition) is 7. The molecule has 5 unspecified atom stereocenters. The number of carbonyl (C=O) groups excluding carboxylic acids is 3. The summed E-state index contributed by atoms with van der Waals surface area (Å²) in [5, 5.41) is 27.1. The molecule has 0 aliphatic carbocycles. The van der Waals surface area contributed by atoms with E-state index in [0.29, 0.717) is 25.8 Å². The van der Waals surface area contributed by atoms with Crippen molar-refractivity contribution < 1.29 is 29.4 Å². The molecule has 1 aromatic carbocycles. The standard InChI is InChI=1S/C26H40N6O6/c1-3-15(2)22(25(36)31-21(14-33)26(37)38)32-24(35)20(30-23(34)18(28)9-6-7-11-27)12-16-13-29-19-10-5-4-8-17(16)19/h4-5,8,10,13,15,18,20-22,29,33H,3,6-7,9,11-12,14,27-28H2,1-2H3,(H,30,34)(H,31,36)(H,32,35)(H,37,38). The molecule has 0 fully saturated rings. The van der Waals surface area contributed by atoms with Crippen LogP contribution in [-0.2, 0) is 25.6 Å². The van der Waals surface area contributed by atoms with E-state index in [4.69, 9.17) is 11.5 Å². The summed E-state index contributed by atoms with van der Waals surface area (Å²) < 4.78 is 0. The zero-order chi connectivity index (χ0) is 28.2. The van der Waals surface area contributed by atoms with Crippen molar-refractivity contribution in [3.63, 3.8) is 0 Å². The highest BCUT2D eigenvalue weighted by Gasteiger charge is 2.33. The molecule has 0 saturated heterocycles. The molecule has 5 atom stereocenters. The summed E-state index contributed by atoms with van der Waals surface area (Å²) in [6.07, 6.45) is 4.17. The van der Waals surface area contributed by atoms with Gasteiger partial charge in [0, 0.05) is 23.5 Å². The largest absolute Gasteiger partial charge is 0.480 e. The summed E-state index contributed by atoms with van der Waals surface area (Å²) in [6.45, 7) is 3.24. The molecule has 38 heavy (non-hydrogen) atoms. The topological polar surface area (TPSA) is 213 Å². The SMILES string of the molecule is CCC(C)C(NC(=O)C(Cc1c[nH]c2ccccc12)NC(=O)C(N)CCCCN)C(=O)NC(CO)C(=O)O. The predicted molar refractivity (Wildman–Crippen MR) is 143 cm³/mol. The van der Waals surface area contributed by atoms with Crippen LogP contribution in [-0.4, -0.2) is 76.2 Å². The Morgan fingerprint density at radius 2 is 1.68 bits per heavy atom. The highest BCUT2D eigenvalue weighted by Crippen LogP contribution is 2.20. The van der Waals surface area contributed by atoms with E-state index in [1.165, 1.54) is 0 Å². The van der Waals surface area contributed by atoms with Crippen LogP contribution in [0.15, 0.2) is 30.5 Å². The van der Waals surface area contributed by atoms with Gasteiger partial charge in [0.1, 0.15) is 18.1 Å². The Labute approximate surface area is 221 Å². The Balaban J connectivity index is 2.28. The van der Waals surface area contributed by atoms with Crippen molar-refractivity contribution in [3.8, 4) is 0 Å². The molecule has 0 saturated carbocycles. The van der Waals surface area contributed by atoms with Crippen LogP contribution in [0.25, 0.3) is 10.9 Å². The van der Waals surface area contributed by atoms with Gasteiger partial charge in [-0.2, -0.15) is 0 Å². The minimum absolute atomic E-state index is 0.125. The zero-order valence-electron chi connectivity index (χ0n) is 21.9. The molecule has 0 bridgehead atoms. The van der Waals surface area contributed by atoms with Crippen LogP contribution in [0.1, 0.15) is 45.1 Å². The molecule has 3 amide bonds. The molecule has 2 rings (SSSR count). The molecule has 1 aromatic heterocycles. The first-order chi connectivity index (χ1) is 18.1. The Kier molecular flexibility index (Phi) is 12.2. The van der Waals surface area contributed by atoms with Gasteiger partial charge in [-0.15, -0.1) is 0 Å². The molecule has 0 spiro atoms. The fourth-order valence-electron chi connectivity index (χ4n) is 4.05. The fourth-order valence-corrected chi connectivity index (χ4v) is 4.05. The number of unbranched alkanes of at least 4 members (excludes halogenated alkanes) is 1. The molecule has 12 heteroatoms. The van der Waals surface area contributed by atoms with Gasteiger partial charge in [0.2, 0.25) is 17.7 Å². The Morgan fingerprint density at radius 1 is 1.00 bits per heavy atom. The van der Waals surface area contributed by atoms with Gasteiger partial charge < -0.3 is 42.6 Å². The maximum atomic E-state index is 13.5. The van der Waals surface area contributed by atoms with Crippen LogP contribution in [0, 0.1) is 5.92 Å². The molecule has 1 heterocycles. The number of aliphatic hydroxyl groups excluding tert-OH is 1. The average Bonchev–Trinajstić information content (AvgIpc) is 3.31. The van der Waals surface area contributed by atoms with Crippen LogP contribution in [0.5, 0.6) is 0 Å². The molecule has 2 aromatic rings. The van der Waals surface area contributed by atoms with Gasteiger partial charge in [0.25, 0.3) is 0 Å². The second-order valence-corrected chi connectivity index (χ2v) is 9.47. The van der Waals surface area contributed by atoms with E-state index in [-0.39, 0.29) is 12.3 Å². The number of rotatable bonds is 16. The van der Waals surface area contributed by atoms with Crippen molar-refractivity contribution in [1.29, 1.82) is 0 Å². The predicted octanol–water partition coefficient (Wildman–Crippen LogP) is -0.256. The Morgan fingerprint density at radius 3 is 2.32 bits per heavy atom. The van der Waals surface area contributed by atoms with Gasteiger partial charge in [-0.05, 0) is 36.9 Å². The summed E-state index contributed by atoms with van der Waals surface area (Å²) in [7, 11) is 0. The second kappa shape index (κ2) is 15.1. The van der Waals surface area contributed by atoms with Crippen LogP contribution < -0.4 is 27.4 Å². The van der Waals surface area contributed by atoms with Gasteiger partial charge in [0.15, 0.2) is 0 Å². The van der Waals surface area contributed by atoms with Gasteiger partial charge in [0.05, 0.1) is 12.6 Å². The van der Waals surface area contributed by atoms with Crippen LogP contribution in [0.2, 0.25) is 0 Å². The number of aromatic nitrogens is 1. The molecule has 0 aliphatic heterocycles. The van der Waals surface area contributed by atoms with E-state index in [1.54, 1.807) is 13.1 Å². The van der Waals surface area contributed by atoms with Crippen molar-refractivity contribution in [2.45, 2.75) is 70.1 Å². The second-order valence-electron chi connectivity index (χ2n) is 9.47. The van der Waals surface area contributed by atoms with Gasteiger partial charge in [-0.1, -0.05) is 44.9 Å². The summed E-state index contributed by atoms with van der Waals surface area (Å²) in [6, 6.07) is 3.02. The van der Waals surface area contributed by atoms with E-state index in [0.717, 1.165) is 22.9 Å². The summed E-state index contributed by atoms with van der Waals surface area (Å²) in [5.41, 5.74) is 13.2. The number of nitrogens with one attached hydrogen (secondary N) is 4. The number of aliphatic carboxylic acids is 1. The Hall–Kier alpha value is -3.48. The van der Waals surface area contributed by atoms with Gasteiger partial charge in [-0.3, -0.25) is 14.4 Å². The summed E-state index contributed by atoms with van der Waals surface area (Å²) in [5.74, 6) is -3.63. The first-order valence-electron chi connectivity index (χ1n) is 12.9. The molecule has 0 radical (unpaired) electrons. The van der Waals surface area contributed by atoms with E-state index in [1.807, 2.05) is 31.2 Å². The van der Waals surface area contributed by atoms with E-state index in [9.17, 15) is 29.4 Å². The lowest BCUT2D eigenvalue weighted by Crippen LogP contribution is -2.59. The smallest absolute Gasteiger partial charge is 0.328 e. The van der Waals surface area contributed by atoms with Crippen molar-refractivity contribution in [1.82, 2.24) is 20.9 Å². The molecular weight excluding hydrogens is 492 g/mol. The van der Waals surface area contributed by atoms with Crippen molar-refractivity contribution in [2.75, 3.05) is 13.2 Å². The molecular formula is C26H40N6O6. The number of carbonyl (C=O) groups is 4. The third-order valence-electron chi connectivity index (χ3n) is 6.63. The normalized spacial score (nSPS) is 15.2.